The lowest BCUT2D eigenvalue weighted by Crippen LogP contribution is -2.40. The number of methoxy groups -OCH3 is 6. The molecule has 3 atom stereocenters. The van der Waals surface area contributed by atoms with Gasteiger partial charge in [-0.15, -0.1) is 0 Å². The van der Waals surface area contributed by atoms with Crippen LogP contribution in [0.3, 0.4) is 0 Å². The lowest BCUT2D eigenvalue weighted by atomic mass is 10.0. The lowest BCUT2D eigenvalue weighted by Gasteiger charge is -2.36. The summed E-state index contributed by atoms with van der Waals surface area (Å²) in [6.07, 6.45) is 12.6. The highest BCUT2D eigenvalue weighted by Crippen LogP contribution is 2.44. The van der Waals surface area contributed by atoms with Crippen LogP contribution < -0.4 is 23.7 Å². The number of carbonyl (C=O) groups is 6. The molecule has 35 nitrogen and oxygen atoms in total. The normalized spacial score (nSPS) is 15.9. The standard InChI is InChI=1S/C45H50N4O10.C27H50O6Si2.C17H26O10S2.C14H14N2O3/c1-28-13-33-22-46-37-20-41(39(53-3)18-35(37)44(51)48(33)24-28)58-26-31-15-30(7-6-9-56-11-12-57-10-8-43(50)55-5)16-32(17-31)27-59-42-21-38-36(19-40(42)54-4)45(52)49-25-29(2)14-34(49)23-47-38;1-26(2,3)34(8,9)32-20-23-17-22(13-12-14-30-15-16-31-25(28)29-7)18-24(19-23)21-33-35(10,11)27(4,5)6;1-23-17(18)25-8-7-24-6-4-5-14-9-15(12-26-28(2,19)20)11-16(10-14)13-27-29(3,21)22;1-8-3-9-6-15-11-5-12(17)13(19-2)4-10(11)14(18)16(9)7-8/h15-23,33-34H,1-2,6-14,24-27H2,3-5H3;17-19H,12-16,20-21H2,1-11H3;9-11H,4-8,12-13H2,1-3H3;4-6,9,17H,1,3,7H2,2H3/t33-,34-;;;9-/m0..0/s1. The molecule has 6 heterocycles. The largest absolute Gasteiger partial charge is 0.508 e. The van der Waals surface area contributed by atoms with Gasteiger partial charge in [-0.05, 0) is 168 Å². The molecule has 776 valence electrons. The molecule has 0 bridgehead atoms. The van der Waals surface area contributed by atoms with Crippen LogP contribution in [0.1, 0.15) is 168 Å². The van der Waals surface area contributed by atoms with Gasteiger partial charge in [0.2, 0.25) is 0 Å². The van der Waals surface area contributed by atoms with Crippen molar-refractivity contribution in [2.45, 2.75) is 200 Å². The summed E-state index contributed by atoms with van der Waals surface area (Å²) in [7, 11) is -2.50. The number of nitrogens with zero attached hydrogens (tertiary/aromatic N) is 6. The molecule has 6 aromatic rings. The molecule has 0 spiro atoms. The first-order valence-electron chi connectivity index (χ1n) is 47.0. The van der Waals surface area contributed by atoms with Gasteiger partial charge in [0.1, 0.15) is 26.4 Å². The first-order chi connectivity index (χ1) is 67.2. The van der Waals surface area contributed by atoms with Crippen LogP contribution in [0.2, 0.25) is 36.3 Å². The van der Waals surface area contributed by atoms with E-state index in [4.69, 9.17) is 64.6 Å². The van der Waals surface area contributed by atoms with Crippen molar-refractivity contribution in [3.05, 3.63) is 194 Å². The Hall–Kier alpha value is -11.2. The third kappa shape index (κ3) is 35.4. The van der Waals surface area contributed by atoms with E-state index in [9.17, 15) is 50.7 Å². The van der Waals surface area contributed by atoms with Gasteiger partial charge in [0.15, 0.2) is 51.1 Å². The molecule has 0 saturated carbocycles. The predicted octanol–water partition coefficient (Wildman–Crippen LogP) is 17.1. The molecule has 6 aliphatic heterocycles. The van der Waals surface area contributed by atoms with Gasteiger partial charge in [-0.1, -0.05) is 127 Å². The fourth-order valence-electron chi connectivity index (χ4n) is 15.2. The molecule has 3 amide bonds. The number of benzene rings is 6. The molecule has 142 heavy (non-hydrogen) atoms. The van der Waals surface area contributed by atoms with Gasteiger partial charge in [-0.2, -0.15) is 16.8 Å². The van der Waals surface area contributed by atoms with Gasteiger partial charge in [-0.3, -0.25) is 42.5 Å². The van der Waals surface area contributed by atoms with Gasteiger partial charge in [0.05, 0.1) is 173 Å². The van der Waals surface area contributed by atoms with Crippen LogP contribution in [0, 0.1) is 0 Å². The van der Waals surface area contributed by atoms with Crippen molar-refractivity contribution in [1.29, 1.82) is 0 Å². The van der Waals surface area contributed by atoms with Crippen LogP contribution in [0.4, 0.5) is 26.7 Å². The molecular formula is C103H140N6O29S2Si2. The highest BCUT2D eigenvalue weighted by atomic mass is 32.2. The summed E-state index contributed by atoms with van der Waals surface area (Å²) >= 11 is 0. The minimum Gasteiger partial charge on any atom is -0.504 e. The Morgan fingerprint density at radius 1 is 0.394 bits per heavy atom. The Morgan fingerprint density at radius 3 is 1.01 bits per heavy atom. The van der Waals surface area contributed by atoms with E-state index in [0.29, 0.717) is 166 Å². The second kappa shape index (κ2) is 53.4. The monoisotopic (exact) mass is 2040 g/mol. The molecule has 0 unspecified atom stereocenters. The van der Waals surface area contributed by atoms with E-state index in [-0.39, 0.29) is 123 Å². The first kappa shape index (κ1) is 114. The number of hydrogen-bond acceptors (Lipinski definition) is 32. The molecule has 39 heteroatoms. The average Bonchev–Trinajstić information content (AvgIpc) is 1.64. The highest BCUT2D eigenvalue weighted by molar-refractivity contribution is 7.86. The van der Waals surface area contributed by atoms with E-state index in [0.717, 1.165) is 83.6 Å². The van der Waals surface area contributed by atoms with E-state index >= 15 is 0 Å². The summed E-state index contributed by atoms with van der Waals surface area (Å²) in [6, 6.07) is 27.7. The van der Waals surface area contributed by atoms with Crippen molar-refractivity contribution in [2.75, 3.05) is 141 Å². The van der Waals surface area contributed by atoms with Gasteiger partial charge in [0.25, 0.3) is 38.0 Å². The number of aliphatic imine (C=N–C) groups is 3. The number of esters is 1. The Kier molecular flexibility index (Phi) is 43.0. The number of amides is 3. The molecule has 1 N–H and O–H groups in total. The van der Waals surface area contributed by atoms with Crippen molar-refractivity contribution >= 4 is 109 Å². The maximum atomic E-state index is 13.5. The molecule has 6 aromatic carbocycles. The van der Waals surface area contributed by atoms with Gasteiger partial charge >= 0.3 is 18.3 Å². The first-order valence-corrected chi connectivity index (χ1v) is 56.4. The number of rotatable bonds is 45. The zero-order valence-electron chi connectivity index (χ0n) is 85.1. The number of aromatic hydroxyl groups is 1. The molecule has 12 rings (SSSR count). The van der Waals surface area contributed by atoms with Gasteiger partial charge < -0.3 is 95.0 Å². The number of phenols is 1. The summed E-state index contributed by atoms with van der Waals surface area (Å²) in [6.45, 7) is 41.2. The second-order valence-corrected chi connectivity index (χ2v) is 51.0. The van der Waals surface area contributed by atoms with Crippen LogP contribution in [0.5, 0.6) is 34.5 Å². The summed E-state index contributed by atoms with van der Waals surface area (Å²) < 4.78 is 142. The summed E-state index contributed by atoms with van der Waals surface area (Å²) in [5, 5.41) is 10.1. The molecule has 0 aliphatic carbocycles. The maximum absolute atomic E-state index is 13.5. The predicted molar refractivity (Wildman–Crippen MR) is 544 cm³/mol. The van der Waals surface area contributed by atoms with Crippen LogP contribution >= 0.6 is 0 Å². The van der Waals surface area contributed by atoms with Crippen molar-refractivity contribution in [3.63, 3.8) is 0 Å². The van der Waals surface area contributed by atoms with Crippen molar-refractivity contribution in [2.24, 2.45) is 15.0 Å². The van der Waals surface area contributed by atoms with E-state index in [1.165, 1.54) is 57.3 Å². The summed E-state index contributed by atoms with van der Waals surface area (Å²) in [4.78, 5) is 91.5. The number of fused-ring (bicyclic) bond motifs is 6. The Labute approximate surface area is 837 Å². The number of aryl methyl sites for hydroxylation is 3. The number of phenolic OH excluding ortho intramolecular Hbond substituents is 1. The van der Waals surface area contributed by atoms with E-state index in [1.807, 2.05) is 6.07 Å². The number of carbonyl (C=O) groups excluding carboxylic acids is 6. The Bertz CT molecular complexity index is 5520. The summed E-state index contributed by atoms with van der Waals surface area (Å²) in [5.74, 6) is 1.39. The quantitative estimate of drug-likeness (QED) is 0.00926. The minimum absolute atomic E-state index is 0.0160. The molecule has 3 saturated heterocycles. The summed E-state index contributed by atoms with van der Waals surface area (Å²) in [5.41, 5.74) is 14.4. The van der Waals surface area contributed by atoms with Gasteiger partial charge in [-0.25, -0.2) is 9.59 Å². The van der Waals surface area contributed by atoms with Crippen molar-refractivity contribution < 1.29 is 134 Å². The molecule has 3 fully saturated rings. The lowest BCUT2D eigenvalue weighted by molar-refractivity contribution is -0.142. The zero-order valence-corrected chi connectivity index (χ0v) is 88.8. The van der Waals surface area contributed by atoms with Gasteiger partial charge in [0, 0.05) is 76.3 Å². The third-order valence-electron chi connectivity index (χ3n) is 24.7. The SMILES string of the molecule is C=C1C[C@H]2C=Nc3cc(O)c(OC)cc3C(=O)N2C1.C=C1C[C@H]2C=Nc3cc(OCc4cc(CCCOCCOCCC(=O)OC)cc(COc5cc6c(cc5OC)C(=O)N5CC(=C)C[C@H]5C=N6)c4)c(OC)cc3C(=O)N2C1.COC(=O)OCCOCCCc1cc(COS(C)(=O)=O)cc(COS(C)(=O)=O)c1.COC(=O)OCCOCCCc1cc(CO[Si](C)(C)C(C)(C)C)cc(CO[Si](C)(C)C(C)(C)C)c1. The molecular weight excluding hydrogens is 1910 g/mol. The number of ether oxygens (including phenoxy) is 14. The smallest absolute Gasteiger partial charge is 0.504 e. The molecule has 0 radical (unpaired) electrons. The maximum Gasteiger partial charge on any atom is 0.508 e. The van der Waals surface area contributed by atoms with E-state index in [1.54, 1.807) is 90.0 Å². The third-order valence-corrected chi connectivity index (χ3v) is 34.8. The van der Waals surface area contributed by atoms with Crippen LogP contribution in [0.25, 0.3) is 0 Å². The van der Waals surface area contributed by atoms with Crippen LogP contribution in [-0.2, 0) is 144 Å². The Morgan fingerprint density at radius 2 is 0.697 bits per heavy atom. The van der Waals surface area contributed by atoms with Crippen molar-refractivity contribution in [1.82, 2.24) is 14.7 Å². The highest BCUT2D eigenvalue weighted by Gasteiger charge is 2.41. The van der Waals surface area contributed by atoms with Crippen molar-refractivity contribution in [3.8, 4) is 34.5 Å². The fraction of sp³-hybridized carbons (Fsp3) is 0.505. The van der Waals surface area contributed by atoms with Crippen LogP contribution in [0.15, 0.2) is 142 Å². The average molecular weight is 2050 g/mol. The Balaban J connectivity index is 0.000000231. The second-order valence-electron chi connectivity index (χ2n) is 38.1. The number of hydrogen-bond donors (Lipinski definition) is 1. The van der Waals surface area contributed by atoms with E-state index in [2.05, 4.69) is 152 Å². The van der Waals surface area contributed by atoms with E-state index < -0.39 is 49.2 Å². The minimum atomic E-state index is -3.61. The molecule has 0 aromatic heterocycles. The topological polar surface area (TPSA) is 404 Å². The molecule has 6 aliphatic rings. The zero-order chi connectivity index (χ0) is 104. The van der Waals surface area contributed by atoms with Crippen LogP contribution in [-0.4, -0.2) is 267 Å². The fourth-order valence-corrected chi connectivity index (χ4v) is 17.8.